The molecule has 0 aromatic carbocycles. The van der Waals surface area contributed by atoms with Gasteiger partial charge < -0.3 is 129 Å². The van der Waals surface area contributed by atoms with Gasteiger partial charge in [0.1, 0.15) is 115 Å². The molecule has 0 spiro atoms. The van der Waals surface area contributed by atoms with Crippen molar-refractivity contribution in [1.29, 1.82) is 0 Å². The van der Waals surface area contributed by atoms with E-state index in [4.69, 9.17) is 47.4 Å². The standard InChI is InChI=1S/C59H96O27/c1-23-34(65)37(68)41(72)48(78-23)83-45-28(20-61)80-50(43(74)39(45)70)84-46-29(21-62)81-51(44(75)40(46)71)86-53(76)59-16-15-54(2,3)17-25(59)24-9-10-31-56(6)13-12-33(55(4,5)30(56)11-14-57(31,7)58(24,8)18-32(59)64)82-52-47(35(66)26(63)22-77-52)85-49-42(73)38(69)36(67)27(19-60)79-49/h9,23,25-52,60-75H,10-22H2,1-8H3. The Morgan fingerprint density at radius 2 is 1.07 bits per heavy atom. The predicted octanol–water partition coefficient (Wildman–Crippen LogP) is -3.57. The van der Waals surface area contributed by atoms with E-state index in [0.717, 1.165) is 18.4 Å². The number of ether oxygens (including phenoxy) is 10. The van der Waals surface area contributed by atoms with E-state index in [-0.39, 0.29) is 42.1 Å². The molecule has 86 heavy (non-hydrogen) atoms. The van der Waals surface area contributed by atoms with E-state index in [1.54, 1.807) is 0 Å². The van der Waals surface area contributed by atoms with Crippen LogP contribution in [0.4, 0.5) is 0 Å². The van der Waals surface area contributed by atoms with Gasteiger partial charge >= 0.3 is 5.97 Å². The molecule has 33 unspecified atom stereocenters. The molecule has 5 heterocycles. The fraction of sp³-hybridized carbons (Fsp3) is 0.949. The molecule has 0 aromatic heterocycles. The lowest BCUT2D eigenvalue weighted by Crippen LogP contribution is -2.68. The van der Waals surface area contributed by atoms with E-state index >= 15 is 4.79 Å². The molecule has 16 N–H and O–H groups in total. The van der Waals surface area contributed by atoms with Crippen LogP contribution in [-0.2, 0) is 52.2 Å². The second-order valence-corrected chi connectivity index (χ2v) is 28.7. The monoisotopic (exact) mass is 1240 g/mol. The SMILES string of the molecule is CC1OC(OC2C(CO)OC(OC3C(CO)OC(OC(=O)C45CCC(C)(C)CC4C4=CCC6C7(C)CCC(OC8OCC(O)C(O)C8OC8OC(CO)C(O)C(O)C8O)C(C)(C)C7CCC6(C)C4(C)CC5O)C(O)C3O)C(O)C2O)C(O)C(O)C1O. The minimum atomic E-state index is -2.04. The number of aliphatic hydroxyl groups is 16. The molecule has 494 valence electrons. The zero-order chi connectivity index (χ0) is 62.9. The molecule has 33 atom stereocenters. The summed E-state index contributed by atoms with van der Waals surface area (Å²) in [6.45, 7) is 14.1. The highest BCUT2D eigenvalue weighted by atomic mass is 16.8. The number of esters is 1. The maximum absolute atomic E-state index is 15.3. The Balaban J connectivity index is 0.840. The maximum Gasteiger partial charge on any atom is 0.317 e. The first-order valence-corrected chi connectivity index (χ1v) is 30.7. The molecule has 0 radical (unpaired) electrons. The van der Waals surface area contributed by atoms with Crippen LogP contribution in [-0.4, -0.2) is 274 Å². The van der Waals surface area contributed by atoms with Crippen molar-refractivity contribution in [2.75, 3.05) is 26.4 Å². The first-order chi connectivity index (χ1) is 40.3. The van der Waals surface area contributed by atoms with Crippen LogP contribution in [0.15, 0.2) is 11.6 Å². The Morgan fingerprint density at radius 3 is 1.67 bits per heavy atom. The quantitative estimate of drug-likeness (QED) is 0.0482. The molecule has 10 rings (SSSR count). The van der Waals surface area contributed by atoms with Gasteiger partial charge in [-0.1, -0.05) is 60.1 Å². The molecule has 0 aromatic rings. The van der Waals surface area contributed by atoms with Crippen LogP contribution in [0.25, 0.3) is 0 Å². The molecule has 0 bridgehead atoms. The summed E-state index contributed by atoms with van der Waals surface area (Å²) in [6, 6.07) is 0. The molecule has 27 nitrogen and oxygen atoms in total. The molecule has 4 saturated carbocycles. The first-order valence-electron chi connectivity index (χ1n) is 30.7. The summed E-state index contributed by atoms with van der Waals surface area (Å²) in [5.74, 6) is -1.24. The lowest BCUT2D eigenvalue weighted by Gasteiger charge is -2.71. The van der Waals surface area contributed by atoms with Gasteiger partial charge in [-0.05, 0) is 110 Å². The fourth-order valence-corrected chi connectivity index (χ4v) is 17.8. The van der Waals surface area contributed by atoms with Gasteiger partial charge in [-0.25, -0.2) is 0 Å². The molecule has 0 amide bonds. The van der Waals surface area contributed by atoms with Crippen molar-refractivity contribution in [3.05, 3.63) is 11.6 Å². The van der Waals surface area contributed by atoms with Gasteiger partial charge in [0.15, 0.2) is 25.2 Å². The number of fused-ring (bicyclic) bond motifs is 7. The third-order valence-electron chi connectivity index (χ3n) is 23.1. The fourth-order valence-electron chi connectivity index (χ4n) is 17.8. The molecular weight excluding hydrogens is 1140 g/mol. The van der Waals surface area contributed by atoms with Crippen molar-refractivity contribution in [3.63, 3.8) is 0 Å². The Morgan fingerprint density at radius 1 is 0.535 bits per heavy atom. The molecule has 9 fully saturated rings. The zero-order valence-electron chi connectivity index (χ0n) is 50.2. The molecular formula is C59H96O27. The second-order valence-electron chi connectivity index (χ2n) is 28.7. The molecule has 5 aliphatic carbocycles. The predicted molar refractivity (Wildman–Crippen MR) is 289 cm³/mol. The molecule has 5 saturated heterocycles. The highest BCUT2D eigenvalue weighted by Gasteiger charge is 2.72. The highest BCUT2D eigenvalue weighted by Crippen LogP contribution is 2.76. The van der Waals surface area contributed by atoms with Gasteiger partial charge in [-0.15, -0.1) is 0 Å². The largest absolute Gasteiger partial charge is 0.432 e. The van der Waals surface area contributed by atoms with Crippen LogP contribution in [0.3, 0.4) is 0 Å². The van der Waals surface area contributed by atoms with Crippen LogP contribution in [0, 0.1) is 50.2 Å². The van der Waals surface area contributed by atoms with Gasteiger partial charge in [0, 0.05) is 0 Å². The van der Waals surface area contributed by atoms with E-state index < -0.39 is 213 Å². The van der Waals surface area contributed by atoms with E-state index in [1.165, 1.54) is 6.92 Å². The number of hydrogen-bond donors (Lipinski definition) is 16. The van der Waals surface area contributed by atoms with Crippen molar-refractivity contribution in [2.45, 2.75) is 273 Å². The molecule has 27 heteroatoms. The summed E-state index contributed by atoms with van der Waals surface area (Å²) in [7, 11) is 0. The minimum Gasteiger partial charge on any atom is -0.432 e. The Hall–Kier alpha value is -1.79. The first kappa shape index (κ1) is 67.1. The third-order valence-corrected chi connectivity index (χ3v) is 23.1. The maximum atomic E-state index is 15.3. The number of carbonyl (C=O) groups is 1. The summed E-state index contributed by atoms with van der Waals surface area (Å²) >= 11 is 0. The smallest absolute Gasteiger partial charge is 0.317 e. The van der Waals surface area contributed by atoms with Gasteiger partial charge in [0.2, 0.25) is 6.29 Å². The van der Waals surface area contributed by atoms with Crippen LogP contribution >= 0.6 is 0 Å². The second kappa shape index (κ2) is 24.6. The Labute approximate surface area is 499 Å². The normalized spacial score (nSPS) is 54.5. The van der Waals surface area contributed by atoms with Crippen molar-refractivity contribution in [1.82, 2.24) is 0 Å². The molecule has 10 aliphatic rings. The van der Waals surface area contributed by atoms with E-state index in [9.17, 15) is 81.7 Å². The van der Waals surface area contributed by atoms with Gasteiger partial charge in [-0.3, -0.25) is 4.79 Å². The van der Waals surface area contributed by atoms with Gasteiger partial charge in [0.25, 0.3) is 0 Å². The Kier molecular flexibility index (Phi) is 19.2. The summed E-state index contributed by atoms with van der Waals surface area (Å²) in [4.78, 5) is 15.3. The number of carbonyl (C=O) groups excluding carboxylic acids is 1. The summed E-state index contributed by atoms with van der Waals surface area (Å²) in [6.07, 6.45) is -34.1. The van der Waals surface area contributed by atoms with Crippen LogP contribution in [0.2, 0.25) is 0 Å². The van der Waals surface area contributed by atoms with E-state index in [0.29, 0.717) is 32.1 Å². The van der Waals surface area contributed by atoms with Crippen LogP contribution in [0.1, 0.15) is 113 Å². The van der Waals surface area contributed by atoms with Crippen molar-refractivity contribution in [3.8, 4) is 0 Å². The van der Waals surface area contributed by atoms with Crippen LogP contribution < -0.4 is 0 Å². The van der Waals surface area contributed by atoms with Gasteiger partial charge in [-0.2, -0.15) is 0 Å². The van der Waals surface area contributed by atoms with Gasteiger partial charge in [0.05, 0.1) is 44.7 Å². The summed E-state index contributed by atoms with van der Waals surface area (Å²) in [5, 5.41) is 174. The van der Waals surface area contributed by atoms with Crippen molar-refractivity contribution >= 4 is 5.97 Å². The topological polar surface area (TPSA) is 433 Å². The van der Waals surface area contributed by atoms with Crippen molar-refractivity contribution < 1.29 is 134 Å². The average Bonchev–Trinajstić information content (AvgIpc) is 0.678. The third kappa shape index (κ3) is 11.0. The lowest BCUT2D eigenvalue weighted by molar-refractivity contribution is -0.377. The van der Waals surface area contributed by atoms with E-state index in [2.05, 4.69) is 54.5 Å². The zero-order valence-corrected chi connectivity index (χ0v) is 50.2. The summed E-state index contributed by atoms with van der Waals surface area (Å²) in [5.41, 5.74) is -2.63. The lowest BCUT2D eigenvalue weighted by atomic mass is 9.33. The van der Waals surface area contributed by atoms with E-state index in [1.807, 2.05) is 0 Å². The average molecular weight is 1240 g/mol. The van der Waals surface area contributed by atoms with Crippen LogP contribution in [0.5, 0.6) is 0 Å². The number of rotatable bonds is 13. The highest BCUT2D eigenvalue weighted by molar-refractivity contribution is 5.80. The number of allylic oxidation sites excluding steroid dienone is 2. The summed E-state index contributed by atoms with van der Waals surface area (Å²) < 4.78 is 59.3. The minimum absolute atomic E-state index is 0.0713. The molecule has 5 aliphatic heterocycles. The van der Waals surface area contributed by atoms with Crippen molar-refractivity contribution in [2.24, 2.45) is 50.2 Å². The number of aliphatic hydroxyl groups excluding tert-OH is 16. The number of hydrogen-bond acceptors (Lipinski definition) is 27. The Bertz CT molecular complexity index is 2400.